The van der Waals surface area contributed by atoms with Crippen LogP contribution < -0.4 is 10.6 Å². The first-order valence-corrected chi connectivity index (χ1v) is 22.4. The Bertz CT molecular complexity index is 1610. The van der Waals surface area contributed by atoms with Crippen molar-refractivity contribution in [1.82, 2.24) is 20.4 Å². The molecule has 2 N–H and O–H groups in total. The van der Waals surface area contributed by atoms with Gasteiger partial charge in [-0.2, -0.15) is 0 Å². The molecule has 8 unspecified atom stereocenters. The molecule has 0 aromatic rings. The van der Waals surface area contributed by atoms with Crippen LogP contribution in [0.2, 0.25) is 0 Å². The van der Waals surface area contributed by atoms with Gasteiger partial charge in [-0.15, -0.1) is 0 Å². The molecule has 0 radical (unpaired) electrons. The third-order valence-electron chi connectivity index (χ3n) is 16.5. The fraction of sp³-hybridized carbons (Fsp3) is 0.915. The molecular formula is C47H82N4O8. The lowest BCUT2D eigenvalue weighted by molar-refractivity contribution is -0.170. The Hall–Kier alpha value is -2.28. The summed E-state index contributed by atoms with van der Waals surface area (Å²) in [7, 11) is 4.18. The van der Waals surface area contributed by atoms with Gasteiger partial charge >= 0.3 is 23.9 Å². The highest BCUT2D eigenvalue weighted by atomic mass is 16.6. The highest BCUT2D eigenvalue weighted by Crippen LogP contribution is 2.49. The second kappa shape index (κ2) is 15.8. The van der Waals surface area contributed by atoms with Crippen molar-refractivity contribution in [3.05, 3.63) is 0 Å². The van der Waals surface area contributed by atoms with Crippen LogP contribution in [0.1, 0.15) is 143 Å². The Labute approximate surface area is 356 Å². The molecule has 5 fully saturated rings. The summed E-state index contributed by atoms with van der Waals surface area (Å²) >= 11 is 0. The van der Waals surface area contributed by atoms with Gasteiger partial charge in [-0.25, -0.2) is 0 Å². The monoisotopic (exact) mass is 831 g/mol. The smallest absolute Gasteiger partial charge is 0.310 e. The fourth-order valence-electron chi connectivity index (χ4n) is 12.3. The zero-order valence-corrected chi connectivity index (χ0v) is 40.1. The number of nitrogens with one attached hydrogen (secondary N) is 2. The number of hydrogen-bond acceptors (Lipinski definition) is 12. The van der Waals surface area contributed by atoms with Gasteiger partial charge in [0.05, 0.1) is 50.1 Å². The van der Waals surface area contributed by atoms with Gasteiger partial charge in [-0.3, -0.25) is 29.0 Å². The molecule has 0 aromatic carbocycles. The normalized spacial score (nSPS) is 36.0. The van der Waals surface area contributed by atoms with E-state index in [2.05, 4.69) is 145 Å². The fourth-order valence-corrected chi connectivity index (χ4v) is 12.3. The average Bonchev–Trinajstić information content (AvgIpc) is 3.75. The maximum Gasteiger partial charge on any atom is 0.310 e. The average molecular weight is 831 g/mol. The molecule has 4 saturated heterocycles. The van der Waals surface area contributed by atoms with Gasteiger partial charge in [0.15, 0.2) is 0 Å². The molecule has 338 valence electrons. The predicted octanol–water partition coefficient (Wildman–Crippen LogP) is 6.38. The molecule has 1 aliphatic carbocycles. The molecule has 1 saturated carbocycles. The first kappa shape index (κ1) is 47.8. The van der Waals surface area contributed by atoms with Gasteiger partial charge in [-0.1, -0.05) is 0 Å². The van der Waals surface area contributed by atoms with Crippen molar-refractivity contribution >= 4 is 23.9 Å². The molecule has 8 atom stereocenters. The largest absolute Gasteiger partial charge is 0.465 e. The maximum absolute atomic E-state index is 14.7. The van der Waals surface area contributed by atoms with E-state index < -0.39 is 47.5 Å². The summed E-state index contributed by atoms with van der Waals surface area (Å²) in [6, 6.07) is 0. The Balaban J connectivity index is 1.45. The summed E-state index contributed by atoms with van der Waals surface area (Å²) in [5.74, 6) is -7.30. The van der Waals surface area contributed by atoms with Crippen LogP contribution in [0.3, 0.4) is 0 Å². The van der Waals surface area contributed by atoms with Crippen LogP contribution in [0.5, 0.6) is 0 Å². The number of esters is 4. The van der Waals surface area contributed by atoms with Gasteiger partial charge in [0.25, 0.3) is 0 Å². The van der Waals surface area contributed by atoms with E-state index in [-0.39, 0.29) is 101 Å². The molecule has 12 nitrogen and oxygen atoms in total. The Morgan fingerprint density at radius 1 is 0.458 bits per heavy atom. The molecule has 0 spiro atoms. The van der Waals surface area contributed by atoms with Crippen LogP contribution in [0.4, 0.5) is 0 Å². The number of nitrogens with zero attached hydrogens (tertiary/aromatic N) is 2. The highest BCUT2D eigenvalue weighted by molar-refractivity contribution is 5.93. The topological polar surface area (TPSA) is 136 Å². The van der Waals surface area contributed by atoms with E-state index in [9.17, 15) is 19.2 Å². The predicted molar refractivity (Wildman–Crippen MR) is 229 cm³/mol. The van der Waals surface area contributed by atoms with E-state index in [1.54, 1.807) is 0 Å². The third kappa shape index (κ3) is 9.56. The van der Waals surface area contributed by atoms with Crippen molar-refractivity contribution in [2.24, 2.45) is 47.3 Å². The summed E-state index contributed by atoms with van der Waals surface area (Å²) in [6.07, 6.45) is 3.10. The first-order valence-electron chi connectivity index (χ1n) is 22.4. The van der Waals surface area contributed by atoms with Crippen molar-refractivity contribution < 1.29 is 38.1 Å². The van der Waals surface area contributed by atoms with Crippen LogP contribution in [0.25, 0.3) is 0 Å². The van der Waals surface area contributed by atoms with E-state index in [0.717, 1.165) is 25.7 Å². The van der Waals surface area contributed by atoms with Crippen molar-refractivity contribution in [2.75, 3.05) is 40.5 Å². The number of likely N-dealkylation sites (tertiary alicyclic amines) is 2. The second-order valence-electron chi connectivity index (χ2n) is 24.1. The van der Waals surface area contributed by atoms with E-state index >= 15 is 0 Å². The minimum absolute atomic E-state index is 0.00229. The zero-order valence-electron chi connectivity index (χ0n) is 40.1. The molecule has 12 heteroatoms. The maximum atomic E-state index is 14.7. The molecule has 5 rings (SSSR count). The minimum atomic E-state index is -1.28. The van der Waals surface area contributed by atoms with Crippen LogP contribution in [0.15, 0.2) is 0 Å². The quantitative estimate of drug-likeness (QED) is 0.167. The lowest BCUT2D eigenvalue weighted by atomic mass is 9.85. The Kier molecular flexibility index (Phi) is 12.8. The summed E-state index contributed by atoms with van der Waals surface area (Å²) in [4.78, 5) is 62.9. The summed E-state index contributed by atoms with van der Waals surface area (Å²) in [6.45, 7) is 34.7. The van der Waals surface area contributed by atoms with E-state index in [1.807, 2.05) is 0 Å². The lowest BCUT2D eigenvalue weighted by Gasteiger charge is -2.38. The molecule has 4 heterocycles. The highest BCUT2D eigenvalue weighted by Gasteiger charge is 2.60. The third-order valence-corrected chi connectivity index (χ3v) is 16.5. The Morgan fingerprint density at radius 2 is 0.746 bits per heavy atom. The summed E-state index contributed by atoms with van der Waals surface area (Å²) in [5, 5.41) is 7.28. The lowest BCUT2D eigenvalue weighted by Crippen LogP contribution is -2.47. The number of carbonyl (C=O) groups excluding carboxylic acids is 4. The molecule has 59 heavy (non-hydrogen) atoms. The van der Waals surface area contributed by atoms with E-state index in [4.69, 9.17) is 18.9 Å². The second-order valence-corrected chi connectivity index (χ2v) is 24.1. The number of carbonyl (C=O) groups is 4. The van der Waals surface area contributed by atoms with Gasteiger partial charge in [0.2, 0.25) is 0 Å². The van der Waals surface area contributed by atoms with Gasteiger partial charge in [-0.05, 0) is 157 Å². The molecule has 0 aromatic heterocycles. The van der Waals surface area contributed by atoms with E-state index in [1.165, 1.54) is 0 Å². The van der Waals surface area contributed by atoms with Crippen molar-refractivity contribution in [3.8, 4) is 0 Å². The van der Waals surface area contributed by atoms with Crippen molar-refractivity contribution in [3.63, 3.8) is 0 Å². The van der Waals surface area contributed by atoms with Crippen molar-refractivity contribution in [1.29, 1.82) is 0 Å². The Morgan fingerprint density at radius 3 is 1.00 bits per heavy atom. The van der Waals surface area contributed by atoms with Crippen molar-refractivity contribution in [2.45, 2.75) is 187 Å². The molecule has 5 aliphatic rings. The number of hydrogen-bond donors (Lipinski definition) is 2. The van der Waals surface area contributed by atoms with E-state index in [0.29, 0.717) is 0 Å². The zero-order chi connectivity index (χ0) is 44.7. The number of rotatable bonds is 12. The van der Waals surface area contributed by atoms with Crippen LogP contribution in [-0.2, 0) is 38.1 Å². The number of ether oxygens (including phenoxy) is 4. The summed E-state index contributed by atoms with van der Waals surface area (Å²) in [5.41, 5.74) is -1.65. The molecule has 0 amide bonds. The van der Waals surface area contributed by atoms with Crippen LogP contribution >= 0.6 is 0 Å². The molecule has 0 bridgehead atoms. The van der Waals surface area contributed by atoms with Gasteiger partial charge in [0.1, 0.15) is 0 Å². The van der Waals surface area contributed by atoms with Gasteiger partial charge in [0, 0.05) is 68.0 Å². The first-order chi connectivity index (χ1) is 26.7. The molecular weight excluding hydrogens is 749 g/mol. The SMILES string of the molecule is CN1C(C)(C)CC(COC(=O)C2CC(C(=O)OCC3CC(C)(C)NC3(C)C)C(C(=O)OCC3CC(C)(C)N(C)C3(C)C)C2C(=O)OCC2CC(C)(C)NC2(C)C)C1(C)C. The summed E-state index contributed by atoms with van der Waals surface area (Å²) < 4.78 is 24.6. The van der Waals surface area contributed by atoms with Gasteiger partial charge < -0.3 is 29.6 Å². The minimum Gasteiger partial charge on any atom is -0.465 e. The molecule has 4 aliphatic heterocycles. The van der Waals surface area contributed by atoms with Crippen LogP contribution in [0, 0.1) is 47.3 Å². The van der Waals surface area contributed by atoms with Crippen LogP contribution in [-0.4, -0.2) is 119 Å². The standard InChI is InChI=1S/C47H82N4O8/c1-40(2)20-28(44(9,10)48-40)24-56-36(52)32-19-33(37(53)57-26-30-22-42(5,6)50(17)46(30,13)14)34(38(54)58-25-29-21-41(3,4)49-45(29,11)12)35(32)39(55)59-27-31-23-43(7,8)51(18)47(31,15)16/h28-35,48-49H,19-27H2,1-18H3.